The lowest BCUT2D eigenvalue weighted by Crippen LogP contribution is -2.37. The number of halogens is 2. The number of carbonyl (C=O) groups excluding carboxylic acids is 1. The quantitative estimate of drug-likeness (QED) is 0.872. The fraction of sp³-hybridized carbons (Fsp3) is 0.316. The first-order valence-corrected chi connectivity index (χ1v) is 8.07. The van der Waals surface area contributed by atoms with Gasteiger partial charge < -0.3 is 14.7 Å². The Kier molecular flexibility index (Phi) is 4.99. The minimum Gasteiger partial charge on any atom is -0.497 e. The number of carbonyl (C=O) groups is 1. The van der Waals surface area contributed by atoms with Crippen LogP contribution in [0.25, 0.3) is 0 Å². The first-order chi connectivity index (χ1) is 12.0. The SMILES string of the molecule is COc1ccc(C(=O)N(CC(O)c2ccc(F)cc2)C2CC2)c(F)c1. The van der Waals surface area contributed by atoms with Gasteiger partial charge in [0, 0.05) is 12.1 Å². The van der Waals surface area contributed by atoms with Crippen molar-refractivity contribution in [2.75, 3.05) is 13.7 Å². The highest BCUT2D eigenvalue weighted by molar-refractivity contribution is 5.95. The number of hydrogen-bond donors (Lipinski definition) is 1. The second-order valence-corrected chi connectivity index (χ2v) is 6.10. The Bertz CT molecular complexity index is 760. The van der Waals surface area contributed by atoms with Crippen molar-refractivity contribution in [1.82, 2.24) is 4.90 Å². The fourth-order valence-electron chi connectivity index (χ4n) is 2.71. The highest BCUT2D eigenvalue weighted by Gasteiger charge is 2.35. The third-order valence-corrected chi connectivity index (χ3v) is 4.28. The molecule has 132 valence electrons. The van der Waals surface area contributed by atoms with E-state index in [2.05, 4.69) is 0 Å². The van der Waals surface area contributed by atoms with Gasteiger partial charge in [0.05, 0.1) is 25.3 Å². The van der Waals surface area contributed by atoms with Gasteiger partial charge in [0.2, 0.25) is 0 Å². The van der Waals surface area contributed by atoms with Crippen LogP contribution >= 0.6 is 0 Å². The Morgan fingerprint density at radius 2 is 1.92 bits per heavy atom. The van der Waals surface area contributed by atoms with Crippen LogP contribution in [0.15, 0.2) is 42.5 Å². The largest absolute Gasteiger partial charge is 0.497 e. The average Bonchev–Trinajstić information content (AvgIpc) is 3.44. The second kappa shape index (κ2) is 7.19. The zero-order valence-corrected chi connectivity index (χ0v) is 13.8. The molecule has 0 spiro atoms. The molecule has 4 nitrogen and oxygen atoms in total. The molecule has 3 rings (SSSR count). The molecule has 25 heavy (non-hydrogen) atoms. The molecule has 6 heteroatoms. The summed E-state index contributed by atoms with van der Waals surface area (Å²) in [5.74, 6) is -1.19. The number of nitrogens with zero attached hydrogens (tertiary/aromatic N) is 1. The molecule has 0 aromatic heterocycles. The predicted octanol–water partition coefficient (Wildman–Crippen LogP) is 3.31. The highest BCUT2D eigenvalue weighted by Crippen LogP contribution is 2.31. The molecule has 0 aliphatic heterocycles. The number of benzene rings is 2. The summed E-state index contributed by atoms with van der Waals surface area (Å²) in [6.45, 7) is 0.0284. The topological polar surface area (TPSA) is 49.8 Å². The van der Waals surface area contributed by atoms with Crippen LogP contribution in [0.3, 0.4) is 0 Å². The van der Waals surface area contributed by atoms with Crippen molar-refractivity contribution >= 4 is 5.91 Å². The van der Waals surface area contributed by atoms with Crippen molar-refractivity contribution < 1.29 is 23.4 Å². The summed E-state index contributed by atoms with van der Waals surface area (Å²) in [7, 11) is 1.42. The number of methoxy groups -OCH3 is 1. The summed E-state index contributed by atoms with van der Waals surface area (Å²) in [6, 6.07) is 9.52. The predicted molar refractivity (Wildman–Crippen MR) is 88.4 cm³/mol. The maximum absolute atomic E-state index is 14.2. The standard InChI is InChI=1S/C19H19F2NO3/c1-25-15-8-9-16(17(21)10-15)19(24)22(14-6-7-14)11-18(23)12-2-4-13(20)5-3-12/h2-5,8-10,14,18,23H,6-7,11H2,1H3. The molecule has 2 aromatic carbocycles. The van der Waals surface area contributed by atoms with E-state index in [9.17, 15) is 18.7 Å². The first kappa shape index (κ1) is 17.4. The zero-order valence-electron chi connectivity index (χ0n) is 13.8. The van der Waals surface area contributed by atoms with Gasteiger partial charge in [0.15, 0.2) is 0 Å². The minimum atomic E-state index is -0.966. The number of aliphatic hydroxyl groups is 1. The highest BCUT2D eigenvalue weighted by atomic mass is 19.1. The summed E-state index contributed by atoms with van der Waals surface area (Å²) in [6.07, 6.45) is 0.672. The van der Waals surface area contributed by atoms with Crippen LogP contribution in [0.1, 0.15) is 34.9 Å². The third kappa shape index (κ3) is 3.96. The lowest BCUT2D eigenvalue weighted by molar-refractivity contribution is 0.0598. The van der Waals surface area contributed by atoms with Crippen molar-refractivity contribution in [2.45, 2.75) is 25.0 Å². The van der Waals surface area contributed by atoms with Gasteiger partial charge in [-0.3, -0.25) is 4.79 Å². The van der Waals surface area contributed by atoms with E-state index in [0.717, 1.165) is 18.9 Å². The Morgan fingerprint density at radius 3 is 2.48 bits per heavy atom. The van der Waals surface area contributed by atoms with Gasteiger partial charge in [-0.05, 0) is 42.7 Å². The molecule has 2 aromatic rings. The molecule has 1 atom stereocenters. The normalized spacial score (nSPS) is 14.9. The van der Waals surface area contributed by atoms with E-state index in [1.165, 1.54) is 48.4 Å². The van der Waals surface area contributed by atoms with Crippen molar-refractivity contribution in [3.8, 4) is 5.75 Å². The summed E-state index contributed by atoms with van der Waals surface area (Å²) in [5.41, 5.74) is 0.453. The Labute approximate surface area is 144 Å². The van der Waals surface area contributed by atoms with E-state index in [1.54, 1.807) is 0 Å². The lowest BCUT2D eigenvalue weighted by Gasteiger charge is -2.26. The maximum atomic E-state index is 14.2. The van der Waals surface area contributed by atoms with Gasteiger partial charge in [0.1, 0.15) is 17.4 Å². The zero-order chi connectivity index (χ0) is 18.0. The Hall–Kier alpha value is -2.47. The average molecular weight is 347 g/mol. The molecule has 1 amide bonds. The van der Waals surface area contributed by atoms with E-state index in [1.807, 2.05) is 0 Å². The first-order valence-electron chi connectivity index (χ1n) is 8.07. The molecule has 1 unspecified atom stereocenters. The number of rotatable bonds is 6. The summed E-state index contributed by atoms with van der Waals surface area (Å²) >= 11 is 0. The van der Waals surface area contributed by atoms with E-state index in [0.29, 0.717) is 11.3 Å². The van der Waals surface area contributed by atoms with E-state index < -0.39 is 23.6 Å². The van der Waals surface area contributed by atoms with Crippen LogP contribution in [-0.2, 0) is 0 Å². The number of aliphatic hydroxyl groups excluding tert-OH is 1. The smallest absolute Gasteiger partial charge is 0.257 e. The Morgan fingerprint density at radius 1 is 1.24 bits per heavy atom. The van der Waals surface area contributed by atoms with Crippen LogP contribution in [-0.4, -0.2) is 35.6 Å². The van der Waals surface area contributed by atoms with Crippen LogP contribution in [0.4, 0.5) is 8.78 Å². The molecule has 0 radical (unpaired) electrons. The second-order valence-electron chi connectivity index (χ2n) is 6.10. The van der Waals surface area contributed by atoms with Gasteiger partial charge >= 0.3 is 0 Å². The van der Waals surface area contributed by atoms with Crippen molar-refractivity contribution in [2.24, 2.45) is 0 Å². The molecule has 1 aliphatic rings. The molecule has 1 N–H and O–H groups in total. The number of amides is 1. The minimum absolute atomic E-state index is 0.0101. The summed E-state index contributed by atoms with van der Waals surface area (Å²) < 4.78 is 32.2. The van der Waals surface area contributed by atoms with Crippen LogP contribution < -0.4 is 4.74 Å². The monoisotopic (exact) mass is 347 g/mol. The molecule has 1 fully saturated rings. The number of ether oxygens (including phenoxy) is 1. The van der Waals surface area contributed by atoms with Crippen molar-refractivity contribution in [3.63, 3.8) is 0 Å². The Balaban J connectivity index is 1.79. The molecule has 1 saturated carbocycles. The van der Waals surface area contributed by atoms with Gasteiger partial charge in [-0.2, -0.15) is 0 Å². The van der Waals surface area contributed by atoms with Crippen LogP contribution in [0.2, 0.25) is 0 Å². The maximum Gasteiger partial charge on any atom is 0.257 e. The molecule has 0 heterocycles. The van der Waals surface area contributed by atoms with Gasteiger partial charge in [0.25, 0.3) is 5.91 Å². The van der Waals surface area contributed by atoms with Gasteiger partial charge in [-0.1, -0.05) is 12.1 Å². The van der Waals surface area contributed by atoms with Gasteiger partial charge in [-0.15, -0.1) is 0 Å². The van der Waals surface area contributed by atoms with Crippen LogP contribution in [0, 0.1) is 11.6 Å². The summed E-state index contributed by atoms with van der Waals surface area (Å²) in [4.78, 5) is 14.2. The van der Waals surface area contributed by atoms with Crippen molar-refractivity contribution in [3.05, 3.63) is 65.2 Å². The van der Waals surface area contributed by atoms with Crippen molar-refractivity contribution in [1.29, 1.82) is 0 Å². The molecular weight excluding hydrogens is 328 g/mol. The fourth-order valence-corrected chi connectivity index (χ4v) is 2.71. The molecule has 0 bridgehead atoms. The van der Waals surface area contributed by atoms with E-state index in [4.69, 9.17) is 4.74 Å². The molecule has 1 aliphatic carbocycles. The lowest BCUT2D eigenvalue weighted by atomic mass is 10.1. The summed E-state index contributed by atoms with van der Waals surface area (Å²) in [5, 5.41) is 10.4. The van der Waals surface area contributed by atoms with Gasteiger partial charge in [-0.25, -0.2) is 8.78 Å². The van der Waals surface area contributed by atoms with E-state index >= 15 is 0 Å². The van der Waals surface area contributed by atoms with E-state index in [-0.39, 0.29) is 18.2 Å². The molecule has 0 saturated heterocycles. The van der Waals surface area contributed by atoms with Crippen LogP contribution in [0.5, 0.6) is 5.75 Å². The third-order valence-electron chi connectivity index (χ3n) is 4.28. The molecular formula is C19H19F2NO3. The number of hydrogen-bond acceptors (Lipinski definition) is 3.